The minimum Gasteiger partial charge on any atom is -0.319 e. The first-order chi connectivity index (χ1) is 8.78. The first kappa shape index (κ1) is 13.6. The lowest BCUT2D eigenvalue weighted by Gasteiger charge is -2.15. The molecule has 0 spiro atoms. The van der Waals surface area contributed by atoms with E-state index in [4.69, 9.17) is 0 Å². The Balaban J connectivity index is 1.65. The molecular formula is C16H26N2. The molecule has 1 fully saturated rings. The molecule has 2 heteroatoms. The second-order valence-corrected chi connectivity index (χ2v) is 5.63. The van der Waals surface area contributed by atoms with Gasteiger partial charge in [-0.1, -0.05) is 31.2 Å². The van der Waals surface area contributed by atoms with Crippen molar-refractivity contribution < 1.29 is 0 Å². The van der Waals surface area contributed by atoms with Gasteiger partial charge in [0.2, 0.25) is 0 Å². The lowest BCUT2D eigenvalue weighted by molar-refractivity contribution is 0.441. The van der Waals surface area contributed by atoms with Crippen LogP contribution in [0.25, 0.3) is 0 Å². The van der Waals surface area contributed by atoms with Gasteiger partial charge in [0, 0.05) is 13.1 Å². The summed E-state index contributed by atoms with van der Waals surface area (Å²) in [5.74, 6) is 0. The summed E-state index contributed by atoms with van der Waals surface area (Å²) in [5.41, 5.74) is 3.44. The van der Waals surface area contributed by atoms with Gasteiger partial charge in [0.15, 0.2) is 0 Å². The summed E-state index contributed by atoms with van der Waals surface area (Å²) >= 11 is 0. The molecule has 1 aliphatic rings. The molecule has 2 N–H and O–H groups in total. The second kappa shape index (κ2) is 6.35. The number of nitrogens with one attached hydrogen (secondary N) is 2. The highest BCUT2D eigenvalue weighted by atomic mass is 14.9. The van der Waals surface area contributed by atoms with Gasteiger partial charge in [0.1, 0.15) is 0 Å². The summed E-state index contributed by atoms with van der Waals surface area (Å²) in [6.07, 6.45) is 5.03. The van der Waals surface area contributed by atoms with Crippen LogP contribution in [0.15, 0.2) is 24.3 Å². The van der Waals surface area contributed by atoms with Crippen molar-refractivity contribution >= 4 is 0 Å². The predicted molar refractivity (Wildman–Crippen MR) is 78.0 cm³/mol. The molecule has 2 rings (SSSR count). The third kappa shape index (κ3) is 3.82. The van der Waals surface area contributed by atoms with Crippen molar-refractivity contribution in [3.63, 3.8) is 0 Å². The Kier molecular flexibility index (Phi) is 4.79. The lowest BCUT2D eigenvalue weighted by atomic mass is 10.1. The van der Waals surface area contributed by atoms with Crippen molar-refractivity contribution in [2.45, 2.75) is 32.6 Å². The average Bonchev–Trinajstić information content (AvgIpc) is 3.16. The Hall–Kier alpha value is -0.860. The van der Waals surface area contributed by atoms with E-state index in [0.717, 1.165) is 25.9 Å². The predicted octanol–water partition coefficient (Wildman–Crippen LogP) is 2.38. The highest BCUT2D eigenvalue weighted by molar-refractivity contribution is 5.22. The Morgan fingerprint density at radius 3 is 2.28 bits per heavy atom. The van der Waals surface area contributed by atoms with Crippen LogP contribution in [0, 0.1) is 5.41 Å². The van der Waals surface area contributed by atoms with Gasteiger partial charge >= 0.3 is 0 Å². The molecule has 0 atom stereocenters. The maximum Gasteiger partial charge on any atom is 0.00201 e. The van der Waals surface area contributed by atoms with E-state index >= 15 is 0 Å². The fraction of sp³-hybridized carbons (Fsp3) is 0.625. The van der Waals surface area contributed by atoms with Gasteiger partial charge in [0.25, 0.3) is 0 Å². The summed E-state index contributed by atoms with van der Waals surface area (Å²) in [7, 11) is 2.05. The van der Waals surface area contributed by atoms with Crippen molar-refractivity contribution in [1.29, 1.82) is 0 Å². The van der Waals surface area contributed by atoms with Gasteiger partial charge in [-0.2, -0.15) is 0 Å². The van der Waals surface area contributed by atoms with Crippen molar-refractivity contribution in [3.8, 4) is 0 Å². The average molecular weight is 246 g/mol. The zero-order valence-electron chi connectivity index (χ0n) is 11.8. The molecule has 18 heavy (non-hydrogen) atoms. The molecule has 0 unspecified atom stereocenters. The van der Waals surface area contributed by atoms with E-state index in [0.29, 0.717) is 5.41 Å². The summed E-state index contributed by atoms with van der Waals surface area (Å²) in [5, 5.41) is 6.91. The Morgan fingerprint density at radius 1 is 1.06 bits per heavy atom. The van der Waals surface area contributed by atoms with Crippen molar-refractivity contribution in [3.05, 3.63) is 35.4 Å². The zero-order valence-corrected chi connectivity index (χ0v) is 11.8. The monoisotopic (exact) mass is 246 g/mol. The van der Waals surface area contributed by atoms with Crippen LogP contribution in [0.1, 0.15) is 30.9 Å². The van der Waals surface area contributed by atoms with Crippen LogP contribution in [0.5, 0.6) is 0 Å². The minimum absolute atomic E-state index is 0.570. The van der Waals surface area contributed by atoms with Gasteiger partial charge in [-0.3, -0.25) is 0 Å². The largest absolute Gasteiger partial charge is 0.319 e. The van der Waals surface area contributed by atoms with Crippen LogP contribution in [0.2, 0.25) is 0 Å². The Labute approximate surface area is 111 Å². The molecule has 0 heterocycles. The van der Waals surface area contributed by atoms with Gasteiger partial charge in [-0.25, -0.2) is 0 Å². The van der Waals surface area contributed by atoms with Crippen LogP contribution >= 0.6 is 0 Å². The Bertz CT molecular complexity index is 352. The number of hydrogen-bond donors (Lipinski definition) is 2. The van der Waals surface area contributed by atoms with E-state index in [2.05, 4.69) is 48.9 Å². The fourth-order valence-corrected chi connectivity index (χ4v) is 2.50. The van der Waals surface area contributed by atoms with Crippen molar-refractivity contribution in [1.82, 2.24) is 10.6 Å². The normalized spacial score (nSPS) is 16.8. The highest BCUT2D eigenvalue weighted by Gasteiger charge is 2.41. The minimum atomic E-state index is 0.570. The molecule has 0 radical (unpaired) electrons. The first-order valence-electron chi connectivity index (χ1n) is 7.21. The smallest absolute Gasteiger partial charge is 0.00201 e. The van der Waals surface area contributed by atoms with Gasteiger partial charge in [0.05, 0.1) is 0 Å². The maximum absolute atomic E-state index is 3.61. The van der Waals surface area contributed by atoms with Gasteiger partial charge in [-0.05, 0) is 55.8 Å². The van der Waals surface area contributed by atoms with E-state index in [9.17, 15) is 0 Å². The lowest BCUT2D eigenvalue weighted by Crippen LogP contribution is -2.32. The van der Waals surface area contributed by atoms with Crippen LogP contribution in [0.3, 0.4) is 0 Å². The van der Waals surface area contributed by atoms with Gasteiger partial charge in [-0.15, -0.1) is 0 Å². The van der Waals surface area contributed by atoms with E-state index in [1.165, 1.54) is 30.5 Å². The molecule has 0 aliphatic heterocycles. The number of hydrogen-bond acceptors (Lipinski definition) is 2. The summed E-state index contributed by atoms with van der Waals surface area (Å²) in [6.45, 7) is 5.62. The summed E-state index contributed by atoms with van der Waals surface area (Å²) in [4.78, 5) is 0. The number of rotatable bonds is 8. The molecule has 0 aromatic heterocycles. The van der Waals surface area contributed by atoms with Crippen LogP contribution in [-0.4, -0.2) is 26.7 Å². The summed E-state index contributed by atoms with van der Waals surface area (Å²) < 4.78 is 0. The molecule has 2 nitrogen and oxygen atoms in total. The van der Waals surface area contributed by atoms with E-state index in [1.807, 2.05) is 0 Å². The second-order valence-electron chi connectivity index (χ2n) is 5.63. The van der Waals surface area contributed by atoms with Crippen LogP contribution < -0.4 is 10.6 Å². The molecule has 1 aromatic carbocycles. The standard InChI is InChI=1S/C16H26N2/c1-3-14-4-6-15(7-5-14)8-11-18-13-16(9-10-16)12-17-2/h4-7,17-18H,3,8-13H2,1-2H3. The SMILES string of the molecule is CCc1ccc(CCNCC2(CNC)CC2)cc1. The molecule has 1 aromatic rings. The molecule has 100 valence electrons. The zero-order chi connectivity index (χ0) is 12.8. The highest BCUT2D eigenvalue weighted by Crippen LogP contribution is 2.44. The number of benzene rings is 1. The number of aryl methyl sites for hydroxylation is 1. The molecular weight excluding hydrogens is 220 g/mol. The van der Waals surface area contributed by atoms with Crippen molar-refractivity contribution in [2.24, 2.45) is 5.41 Å². The first-order valence-corrected chi connectivity index (χ1v) is 7.21. The Morgan fingerprint density at radius 2 is 1.72 bits per heavy atom. The summed E-state index contributed by atoms with van der Waals surface area (Å²) in [6, 6.07) is 9.03. The molecule has 0 bridgehead atoms. The third-order valence-electron chi connectivity index (χ3n) is 4.03. The quantitative estimate of drug-likeness (QED) is 0.688. The molecule has 1 saturated carbocycles. The topological polar surface area (TPSA) is 24.1 Å². The van der Waals surface area contributed by atoms with Crippen LogP contribution in [-0.2, 0) is 12.8 Å². The van der Waals surface area contributed by atoms with Crippen molar-refractivity contribution in [2.75, 3.05) is 26.7 Å². The van der Waals surface area contributed by atoms with Gasteiger partial charge < -0.3 is 10.6 Å². The molecule has 0 saturated heterocycles. The van der Waals surface area contributed by atoms with Crippen LogP contribution in [0.4, 0.5) is 0 Å². The fourth-order valence-electron chi connectivity index (χ4n) is 2.50. The molecule has 0 amide bonds. The maximum atomic E-state index is 3.61. The third-order valence-corrected chi connectivity index (χ3v) is 4.03. The van der Waals surface area contributed by atoms with E-state index in [-0.39, 0.29) is 0 Å². The van der Waals surface area contributed by atoms with E-state index in [1.54, 1.807) is 0 Å². The van der Waals surface area contributed by atoms with E-state index < -0.39 is 0 Å². The molecule has 1 aliphatic carbocycles.